The highest BCUT2D eigenvalue weighted by atomic mass is 19.4. The van der Waals surface area contributed by atoms with Crippen molar-refractivity contribution in [3.8, 4) is 6.07 Å². The Labute approximate surface area is 83.6 Å². The standard InChI is InChI=1S/C10H6F3NO/c11-10(12,13)9(15)4-7-3-6(5-14)1-2-8(7)9/h1-3,15H,4H2. The van der Waals surface area contributed by atoms with Crippen molar-refractivity contribution in [3.05, 3.63) is 34.9 Å². The van der Waals surface area contributed by atoms with Crippen LogP contribution in [0.2, 0.25) is 0 Å². The van der Waals surface area contributed by atoms with E-state index >= 15 is 0 Å². The van der Waals surface area contributed by atoms with Gasteiger partial charge in [-0.15, -0.1) is 0 Å². The number of fused-ring (bicyclic) bond motifs is 1. The van der Waals surface area contributed by atoms with E-state index in [4.69, 9.17) is 5.26 Å². The Morgan fingerprint density at radius 1 is 1.40 bits per heavy atom. The Morgan fingerprint density at radius 3 is 2.53 bits per heavy atom. The molecule has 1 aromatic carbocycles. The first kappa shape index (κ1) is 9.99. The van der Waals surface area contributed by atoms with Crippen LogP contribution in [0, 0.1) is 11.3 Å². The minimum atomic E-state index is -4.66. The lowest BCUT2D eigenvalue weighted by Crippen LogP contribution is -2.51. The molecule has 0 saturated carbocycles. The molecule has 1 aliphatic carbocycles. The third-order valence-corrected chi connectivity index (χ3v) is 2.60. The first-order valence-corrected chi connectivity index (χ1v) is 4.21. The molecule has 0 bridgehead atoms. The second kappa shape index (κ2) is 2.74. The van der Waals surface area contributed by atoms with Crippen LogP contribution in [0.1, 0.15) is 16.7 Å². The van der Waals surface area contributed by atoms with Crippen molar-refractivity contribution >= 4 is 0 Å². The first-order chi connectivity index (χ1) is 6.88. The van der Waals surface area contributed by atoms with Crippen LogP contribution in [-0.4, -0.2) is 11.3 Å². The number of nitriles is 1. The molecule has 0 spiro atoms. The minimum Gasteiger partial charge on any atom is -0.376 e. The lowest BCUT2D eigenvalue weighted by atomic mass is 9.72. The molecule has 1 aromatic rings. The summed E-state index contributed by atoms with van der Waals surface area (Å²) in [5, 5.41) is 17.9. The summed E-state index contributed by atoms with van der Waals surface area (Å²) in [7, 11) is 0. The number of halogens is 3. The van der Waals surface area contributed by atoms with Crippen molar-refractivity contribution in [2.45, 2.75) is 18.2 Å². The quantitative estimate of drug-likeness (QED) is 0.714. The summed E-state index contributed by atoms with van der Waals surface area (Å²) in [4.78, 5) is 0. The number of rotatable bonds is 0. The summed E-state index contributed by atoms with van der Waals surface area (Å²) in [6, 6.07) is 5.63. The van der Waals surface area contributed by atoms with Gasteiger partial charge in [0.1, 0.15) is 0 Å². The predicted octanol–water partition coefficient (Wildman–Crippen LogP) is 1.86. The molecule has 0 heterocycles. The van der Waals surface area contributed by atoms with E-state index < -0.39 is 18.2 Å². The van der Waals surface area contributed by atoms with E-state index in [0.29, 0.717) is 11.1 Å². The highest BCUT2D eigenvalue weighted by Gasteiger charge is 2.60. The Kier molecular flexibility index (Phi) is 1.82. The molecule has 0 radical (unpaired) electrons. The van der Waals surface area contributed by atoms with Crippen molar-refractivity contribution in [2.75, 3.05) is 0 Å². The second-order valence-corrected chi connectivity index (χ2v) is 3.52. The van der Waals surface area contributed by atoms with Crippen molar-refractivity contribution in [1.82, 2.24) is 0 Å². The van der Waals surface area contributed by atoms with Gasteiger partial charge in [-0.3, -0.25) is 0 Å². The number of aliphatic hydroxyl groups is 1. The maximum Gasteiger partial charge on any atom is 0.421 e. The van der Waals surface area contributed by atoms with Gasteiger partial charge in [0.05, 0.1) is 11.6 Å². The van der Waals surface area contributed by atoms with E-state index in [1.54, 1.807) is 0 Å². The SMILES string of the molecule is N#Cc1ccc2c(c1)CC2(O)C(F)(F)F. The molecule has 1 unspecified atom stereocenters. The van der Waals surface area contributed by atoms with E-state index in [1.165, 1.54) is 12.1 Å². The fourth-order valence-corrected chi connectivity index (χ4v) is 1.73. The van der Waals surface area contributed by atoms with Crippen LogP contribution in [0.5, 0.6) is 0 Å². The average Bonchev–Trinajstić information content (AvgIpc) is 2.13. The van der Waals surface area contributed by atoms with Crippen LogP contribution >= 0.6 is 0 Å². The number of benzene rings is 1. The third kappa shape index (κ3) is 1.22. The fourth-order valence-electron chi connectivity index (χ4n) is 1.73. The molecular weight excluding hydrogens is 207 g/mol. The molecule has 0 fully saturated rings. The average molecular weight is 213 g/mol. The van der Waals surface area contributed by atoms with Crippen LogP contribution in [0.15, 0.2) is 18.2 Å². The summed E-state index contributed by atoms with van der Waals surface area (Å²) in [5.74, 6) is 0. The zero-order valence-corrected chi connectivity index (χ0v) is 7.47. The molecule has 78 valence electrons. The first-order valence-electron chi connectivity index (χ1n) is 4.21. The fraction of sp³-hybridized carbons (Fsp3) is 0.300. The normalized spacial score (nSPS) is 23.9. The molecule has 0 saturated heterocycles. The Balaban J connectivity index is 2.45. The van der Waals surface area contributed by atoms with Gasteiger partial charge in [0.15, 0.2) is 5.60 Å². The molecule has 0 aliphatic heterocycles. The van der Waals surface area contributed by atoms with Gasteiger partial charge < -0.3 is 5.11 Å². The van der Waals surface area contributed by atoms with Crippen molar-refractivity contribution in [1.29, 1.82) is 5.26 Å². The van der Waals surface area contributed by atoms with Crippen molar-refractivity contribution in [2.24, 2.45) is 0 Å². The largest absolute Gasteiger partial charge is 0.421 e. The van der Waals surface area contributed by atoms with Crippen LogP contribution in [0.25, 0.3) is 0 Å². The Bertz CT molecular complexity index is 461. The molecule has 0 amide bonds. The van der Waals surface area contributed by atoms with Crippen LogP contribution < -0.4 is 0 Å². The number of hydrogen-bond donors (Lipinski definition) is 1. The maximum absolute atomic E-state index is 12.4. The van der Waals surface area contributed by atoms with Gasteiger partial charge in [-0.25, -0.2) is 0 Å². The third-order valence-electron chi connectivity index (χ3n) is 2.60. The van der Waals surface area contributed by atoms with Crippen LogP contribution in [-0.2, 0) is 12.0 Å². The summed E-state index contributed by atoms with van der Waals surface area (Å²) < 4.78 is 37.3. The molecule has 2 nitrogen and oxygen atoms in total. The van der Waals surface area contributed by atoms with Gasteiger partial charge in [-0.05, 0) is 23.3 Å². The van der Waals surface area contributed by atoms with E-state index in [2.05, 4.69) is 0 Å². The lowest BCUT2D eigenvalue weighted by molar-refractivity contribution is -0.275. The molecule has 2 rings (SSSR count). The molecule has 1 N–H and O–H groups in total. The molecule has 15 heavy (non-hydrogen) atoms. The molecule has 1 aliphatic rings. The van der Waals surface area contributed by atoms with Crippen LogP contribution in [0.4, 0.5) is 13.2 Å². The second-order valence-electron chi connectivity index (χ2n) is 3.52. The van der Waals surface area contributed by atoms with E-state index in [0.717, 1.165) is 6.07 Å². The van der Waals surface area contributed by atoms with Gasteiger partial charge in [0, 0.05) is 6.42 Å². The summed E-state index contributed by atoms with van der Waals surface area (Å²) in [6.07, 6.45) is -5.13. The molecular formula is C10H6F3NO. The van der Waals surface area contributed by atoms with Gasteiger partial charge in [-0.2, -0.15) is 18.4 Å². The Morgan fingerprint density at radius 2 is 2.07 bits per heavy atom. The zero-order chi connectivity index (χ0) is 11.3. The van der Waals surface area contributed by atoms with E-state index in [-0.39, 0.29) is 5.56 Å². The van der Waals surface area contributed by atoms with Crippen molar-refractivity contribution in [3.63, 3.8) is 0 Å². The van der Waals surface area contributed by atoms with Gasteiger partial charge in [-0.1, -0.05) is 6.07 Å². The van der Waals surface area contributed by atoms with E-state index in [1.807, 2.05) is 6.07 Å². The van der Waals surface area contributed by atoms with Gasteiger partial charge in [0.2, 0.25) is 0 Å². The molecule has 1 atom stereocenters. The maximum atomic E-state index is 12.4. The lowest BCUT2D eigenvalue weighted by Gasteiger charge is -2.40. The molecule has 5 heteroatoms. The monoisotopic (exact) mass is 213 g/mol. The van der Waals surface area contributed by atoms with Crippen LogP contribution in [0.3, 0.4) is 0 Å². The highest BCUT2D eigenvalue weighted by molar-refractivity contribution is 5.48. The Hall–Kier alpha value is -1.54. The summed E-state index contributed by atoms with van der Waals surface area (Å²) in [6.45, 7) is 0. The smallest absolute Gasteiger partial charge is 0.376 e. The summed E-state index contributed by atoms with van der Waals surface area (Å²) >= 11 is 0. The minimum absolute atomic E-state index is 0.144. The number of nitrogens with zero attached hydrogens (tertiary/aromatic N) is 1. The van der Waals surface area contributed by atoms with Gasteiger partial charge in [0.25, 0.3) is 0 Å². The zero-order valence-electron chi connectivity index (χ0n) is 7.47. The van der Waals surface area contributed by atoms with Crippen molar-refractivity contribution < 1.29 is 18.3 Å². The summed E-state index contributed by atoms with van der Waals surface area (Å²) in [5.41, 5.74) is -2.18. The van der Waals surface area contributed by atoms with Gasteiger partial charge >= 0.3 is 6.18 Å². The van der Waals surface area contributed by atoms with E-state index in [9.17, 15) is 18.3 Å². The predicted molar refractivity (Wildman–Crippen MR) is 44.8 cm³/mol. The highest BCUT2D eigenvalue weighted by Crippen LogP contribution is 2.49. The topological polar surface area (TPSA) is 44.0 Å². The molecule has 0 aromatic heterocycles. The number of alkyl halides is 3. The number of hydrogen-bond acceptors (Lipinski definition) is 2.